The average Bonchev–Trinajstić information content (AvgIpc) is 3.25. The van der Waals surface area contributed by atoms with E-state index in [-0.39, 0.29) is 11.9 Å². The summed E-state index contributed by atoms with van der Waals surface area (Å²) in [5.41, 5.74) is 2.15. The zero-order valence-electron chi connectivity index (χ0n) is 15.6. The molecule has 0 saturated carbocycles. The van der Waals surface area contributed by atoms with Crippen LogP contribution in [0.4, 0.5) is 5.69 Å². The molecule has 2 aromatic rings. The maximum atomic E-state index is 13.0. The normalized spacial score (nSPS) is 22.9. The molecule has 1 atom stereocenters. The summed E-state index contributed by atoms with van der Waals surface area (Å²) in [6.07, 6.45) is 7.55. The highest BCUT2D eigenvalue weighted by atomic mass is 16.2. The van der Waals surface area contributed by atoms with E-state index in [2.05, 4.69) is 26.1 Å². The molecule has 4 heterocycles. The number of hydrogen-bond donors (Lipinski definition) is 0. The Labute approximate surface area is 154 Å². The van der Waals surface area contributed by atoms with Crippen LogP contribution in [0.15, 0.2) is 24.7 Å². The Morgan fingerprint density at radius 3 is 2.58 bits per heavy atom. The van der Waals surface area contributed by atoms with E-state index in [0.717, 1.165) is 57.8 Å². The monoisotopic (exact) mass is 357 g/mol. The summed E-state index contributed by atoms with van der Waals surface area (Å²) in [6, 6.07) is 2.07. The Hall–Kier alpha value is -2.19. The molecule has 2 fully saturated rings. The zero-order valence-corrected chi connectivity index (χ0v) is 15.6. The van der Waals surface area contributed by atoms with Crippen LogP contribution < -0.4 is 4.90 Å². The number of nitrogens with zero attached hydrogens (tertiary/aromatic N) is 7. The van der Waals surface area contributed by atoms with Crippen molar-refractivity contribution in [3.05, 3.63) is 30.4 Å². The number of hydrogen-bond acceptors (Lipinski definition) is 5. The molecule has 4 rings (SSSR count). The summed E-state index contributed by atoms with van der Waals surface area (Å²) in [4.78, 5) is 19.8. The lowest BCUT2D eigenvalue weighted by Crippen LogP contribution is -2.57. The van der Waals surface area contributed by atoms with Gasteiger partial charge >= 0.3 is 0 Å². The molecule has 26 heavy (non-hydrogen) atoms. The molecule has 2 aliphatic rings. The first-order valence-corrected chi connectivity index (χ1v) is 9.35. The zero-order chi connectivity index (χ0) is 18.1. The van der Waals surface area contributed by atoms with Crippen molar-refractivity contribution in [2.45, 2.75) is 25.4 Å². The first-order valence-electron chi connectivity index (χ1n) is 9.35. The molecule has 0 aliphatic carbocycles. The summed E-state index contributed by atoms with van der Waals surface area (Å²) >= 11 is 0. The molecular formula is C18H27N7O. The molecular weight excluding hydrogens is 330 g/mol. The molecule has 2 saturated heterocycles. The van der Waals surface area contributed by atoms with Crippen molar-refractivity contribution in [2.24, 2.45) is 14.1 Å². The Balaban J connectivity index is 1.36. The molecule has 0 radical (unpaired) electrons. The summed E-state index contributed by atoms with van der Waals surface area (Å²) in [5, 5.41) is 8.45. The lowest BCUT2D eigenvalue weighted by molar-refractivity contribution is -0.126. The van der Waals surface area contributed by atoms with E-state index in [1.54, 1.807) is 10.9 Å². The Morgan fingerprint density at radius 1 is 1.12 bits per heavy atom. The highest BCUT2D eigenvalue weighted by Gasteiger charge is 2.35. The van der Waals surface area contributed by atoms with Gasteiger partial charge in [-0.2, -0.15) is 10.2 Å². The summed E-state index contributed by atoms with van der Waals surface area (Å²) in [7, 11) is 3.87. The van der Waals surface area contributed by atoms with E-state index < -0.39 is 0 Å². The minimum absolute atomic E-state index is 0.00260. The van der Waals surface area contributed by atoms with Crippen molar-refractivity contribution in [2.75, 3.05) is 37.6 Å². The second kappa shape index (κ2) is 7.20. The van der Waals surface area contributed by atoms with Gasteiger partial charge in [-0.15, -0.1) is 0 Å². The molecule has 140 valence electrons. The van der Waals surface area contributed by atoms with Crippen LogP contribution >= 0.6 is 0 Å². The fraction of sp³-hybridized carbons (Fsp3) is 0.611. The van der Waals surface area contributed by atoms with Crippen molar-refractivity contribution in [3.8, 4) is 0 Å². The van der Waals surface area contributed by atoms with Gasteiger partial charge in [-0.3, -0.25) is 24.0 Å². The number of carbonyl (C=O) groups excluding carboxylic acids is 1. The number of piperidine rings is 1. The number of anilines is 1. The maximum absolute atomic E-state index is 13.0. The van der Waals surface area contributed by atoms with Gasteiger partial charge in [0.1, 0.15) is 0 Å². The van der Waals surface area contributed by atoms with Crippen molar-refractivity contribution < 1.29 is 4.79 Å². The number of aryl methyl sites for hydroxylation is 2. The largest absolute Gasteiger partial charge is 0.308 e. The van der Waals surface area contributed by atoms with Gasteiger partial charge in [-0.05, 0) is 18.9 Å². The van der Waals surface area contributed by atoms with Gasteiger partial charge in [0, 0.05) is 65.8 Å². The van der Waals surface area contributed by atoms with Crippen molar-refractivity contribution >= 4 is 11.6 Å². The molecule has 2 aliphatic heterocycles. The summed E-state index contributed by atoms with van der Waals surface area (Å²) < 4.78 is 3.69. The number of amides is 1. The van der Waals surface area contributed by atoms with E-state index in [1.165, 1.54) is 5.69 Å². The Kier molecular flexibility index (Phi) is 4.78. The van der Waals surface area contributed by atoms with E-state index in [4.69, 9.17) is 0 Å². The highest BCUT2D eigenvalue weighted by molar-refractivity contribution is 5.97. The molecule has 0 bridgehead atoms. The van der Waals surface area contributed by atoms with Gasteiger partial charge in [0.05, 0.1) is 23.6 Å². The lowest BCUT2D eigenvalue weighted by atomic mass is 10.0. The fourth-order valence-electron chi connectivity index (χ4n) is 4.02. The smallest absolute Gasteiger partial charge is 0.244 e. The topological polar surface area (TPSA) is 62.4 Å². The predicted octanol–water partition coefficient (Wildman–Crippen LogP) is 0.467. The van der Waals surface area contributed by atoms with Crippen LogP contribution in [0.1, 0.15) is 18.5 Å². The van der Waals surface area contributed by atoms with Crippen LogP contribution in [0.5, 0.6) is 0 Å². The molecule has 8 nitrogen and oxygen atoms in total. The Morgan fingerprint density at radius 2 is 1.92 bits per heavy atom. The minimum atomic E-state index is 0.00260. The van der Waals surface area contributed by atoms with Gasteiger partial charge in [-0.1, -0.05) is 0 Å². The van der Waals surface area contributed by atoms with Crippen LogP contribution in [0, 0.1) is 0 Å². The summed E-state index contributed by atoms with van der Waals surface area (Å²) in [5.74, 6) is 0.226. The predicted molar refractivity (Wildman–Crippen MR) is 98.6 cm³/mol. The van der Waals surface area contributed by atoms with Crippen molar-refractivity contribution in [1.29, 1.82) is 0 Å². The second-order valence-electron chi connectivity index (χ2n) is 7.28. The van der Waals surface area contributed by atoms with Crippen LogP contribution in [0.25, 0.3) is 0 Å². The molecule has 1 amide bonds. The number of carbonyl (C=O) groups is 1. The van der Waals surface area contributed by atoms with Gasteiger partial charge in [-0.25, -0.2) is 0 Å². The van der Waals surface area contributed by atoms with E-state index in [0.29, 0.717) is 0 Å². The van der Waals surface area contributed by atoms with Crippen LogP contribution in [0.2, 0.25) is 0 Å². The third-order valence-corrected chi connectivity index (χ3v) is 5.57. The van der Waals surface area contributed by atoms with Crippen molar-refractivity contribution in [3.63, 3.8) is 0 Å². The van der Waals surface area contributed by atoms with E-state index >= 15 is 0 Å². The van der Waals surface area contributed by atoms with Crippen LogP contribution in [-0.2, 0) is 25.4 Å². The van der Waals surface area contributed by atoms with Gasteiger partial charge in [0.25, 0.3) is 0 Å². The minimum Gasteiger partial charge on any atom is -0.308 e. The summed E-state index contributed by atoms with van der Waals surface area (Å²) in [6.45, 7) is 5.57. The first kappa shape index (κ1) is 17.2. The molecule has 2 aromatic heterocycles. The third-order valence-electron chi connectivity index (χ3n) is 5.57. The molecule has 0 N–H and O–H groups in total. The molecule has 8 heteroatoms. The van der Waals surface area contributed by atoms with Gasteiger partial charge in [0.15, 0.2) is 0 Å². The standard InChI is InChI=1S/C18H27N7O/c1-21-13-16(12-20-21)25-7-3-4-17(18(25)26)24-10-8-23(9-11-24)14-15-5-6-19-22(15)2/h5-6,12-13,17H,3-4,7-11,14H2,1-2H3/t17-/m1/s1. The number of piperazine rings is 1. The van der Waals surface area contributed by atoms with E-state index in [1.807, 2.05) is 36.1 Å². The molecule has 0 unspecified atom stereocenters. The second-order valence-corrected chi connectivity index (χ2v) is 7.28. The first-order chi connectivity index (χ1) is 12.6. The lowest BCUT2D eigenvalue weighted by Gasteiger charge is -2.42. The average molecular weight is 357 g/mol. The third kappa shape index (κ3) is 3.39. The quantitative estimate of drug-likeness (QED) is 0.796. The fourth-order valence-corrected chi connectivity index (χ4v) is 4.02. The molecule has 0 aromatic carbocycles. The number of aromatic nitrogens is 4. The van der Waals surface area contributed by atoms with Crippen LogP contribution in [0.3, 0.4) is 0 Å². The van der Waals surface area contributed by atoms with Crippen molar-refractivity contribution in [1.82, 2.24) is 29.4 Å². The SMILES string of the molecule is Cn1cc(N2CCC[C@@H](N3CCN(Cc4ccnn4C)CC3)C2=O)cn1. The maximum Gasteiger partial charge on any atom is 0.244 e. The van der Waals surface area contributed by atoms with E-state index in [9.17, 15) is 4.79 Å². The highest BCUT2D eigenvalue weighted by Crippen LogP contribution is 2.24. The van der Waals surface area contributed by atoms with Gasteiger partial charge < -0.3 is 4.90 Å². The van der Waals surface area contributed by atoms with Gasteiger partial charge in [0.2, 0.25) is 5.91 Å². The number of rotatable bonds is 4. The molecule has 0 spiro atoms. The Bertz CT molecular complexity index is 759. The van der Waals surface area contributed by atoms with Crippen LogP contribution in [-0.4, -0.2) is 74.0 Å².